The van der Waals surface area contributed by atoms with Crippen LogP contribution in [0, 0.1) is 0 Å². The minimum absolute atomic E-state index is 0. The fourth-order valence-corrected chi connectivity index (χ4v) is 0.891. The predicted octanol–water partition coefficient (Wildman–Crippen LogP) is -2.99. The van der Waals surface area contributed by atoms with Gasteiger partial charge >= 0.3 is 51.4 Å². The Bertz CT molecular complexity index is 117. The van der Waals surface area contributed by atoms with Crippen LogP contribution in [-0.2, 0) is 18.9 Å². The molecule has 17 heavy (non-hydrogen) atoms. The molecule has 0 atom stereocenters. The van der Waals surface area contributed by atoms with Gasteiger partial charge in [0.1, 0.15) is 0 Å². The van der Waals surface area contributed by atoms with Crippen LogP contribution in [0.25, 0.3) is 5.32 Å². The predicted molar refractivity (Wildman–Crippen MR) is 59.6 cm³/mol. The first-order chi connectivity index (χ1) is 7.91. The van der Waals surface area contributed by atoms with Crippen molar-refractivity contribution >= 4 is 0 Å². The third-order valence-electron chi connectivity index (χ3n) is 1.59. The summed E-state index contributed by atoms with van der Waals surface area (Å²) in [5.74, 6) is 0. The minimum Gasteiger partial charge on any atom is -0.638 e. The normalized spacial score (nSPS) is 10.2. The Morgan fingerprint density at radius 3 is 1.94 bits per heavy atom. The van der Waals surface area contributed by atoms with Gasteiger partial charge in [-0.2, -0.15) is 0 Å². The van der Waals surface area contributed by atoms with Crippen LogP contribution in [0.5, 0.6) is 0 Å². The molecule has 0 aromatic rings. The quantitative estimate of drug-likeness (QED) is 0.287. The van der Waals surface area contributed by atoms with Gasteiger partial charge < -0.3 is 29.4 Å². The van der Waals surface area contributed by atoms with E-state index in [1.54, 1.807) is 7.11 Å². The second-order valence-electron chi connectivity index (χ2n) is 2.93. The summed E-state index contributed by atoms with van der Waals surface area (Å²) in [6, 6.07) is 0. The van der Waals surface area contributed by atoms with E-state index < -0.39 is 0 Å². The van der Waals surface area contributed by atoms with Crippen molar-refractivity contribution in [3.63, 3.8) is 0 Å². The maximum atomic E-state index is 8.42. The van der Waals surface area contributed by atoms with Gasteiger partial charge in [-0.3, -0.25) is 0 Å². The molecule has 1 N–H and O–H groups in total. The summed E-state index contributed by atoms with van der Waals surface area (Å²) in [6.07, 6.45) is 0. The number of methoxy groups -OCH3 is 1. The number of aliphatic hydroxyl groups is 1. The number of rotatable bonds is 13. The smallest absolute Gasteiger partial charge is 0.638 e. The van der Waals surface area contributed by atoms with E-state index in [-0.39, 0.29) is 58.0 Å². The zero-order valence-electron chi connectivity index (χ0n) is 10.9. The molecule has 0 aliphatic carbocycles. The van der Waals surface area contributed by atoms with Gasteiger partial charge in [0.05, 0.1) is 39.6 Å². The second-order valence-corrected chi connectivity index (χ2v) is 2.93. The first-order valence-electron chi connectivity index (χ1n) is 5.38. The Balaban J connectivity index is 0. The first-order valence-corrected chi connectivity index (χ1v) is 5.38. The van der Waals surface area contributed by atoms with E-state index in [2.05, 4.69) is 5.32 Å². The SMILES string of the molecule is COC[N-]CCOCCOCCOCCO.[K+]. The second kappa shape index (κ2) is 19.7. The average Bonchev–Trinajstić information content (AvgIpc) is 2.31. The molecule has 0 fully saturated rings. The summed E-state index contributed by atoms with van der Waals surface area (Å²) < 4.78 is 20.2. The van der Waals surface area contributed by atoms with Crippen LogP contribution in [-0.4, -0.2) is 71.7 Å². The third kappa shape index (κ3) is 19.9. The molecular weight excluding hydrogens is 253 g/mol. The van der Waals surface area contributed by atoms with Crippen LogP contribution in [0.1, 0.15) is 0 Å². The number of aliphatic hydroxyl groups excluding tert-OH is 1. The van der Waals surface area contributed by atoms with Gasteiger partial charge in [0.2, 0.25) is 0 Å². The Hall–Kier alpha value is 1.40. The minimum atomic E-state index is 0. The Morgan fingerprint density at radius 1 is 0.882 bits per heavy atom. The van der Waals surface area contributed by atoms with E-state index in [1.807, 2.05) is 0 Å². The van der Waals surface area contributed by atoms with Crippen molar-refractivity contribution in [3.05, 3.63) is 5.32 Å². The van der Waals surface area contributed by atoms with Crippen molar-refractivity contribution in [3.8, 4) is 0 Å². The molecule has 0 bridgehead atoms. The molecule has 0 spiro atoms. The van der Waals surface area contributed by atoms with Crippen LogP contribution < -0.4 is 51.4 Å². The van der Waals surface area contributed by atoms with E-state index in [0.29, 0.717) is 52.9 Å². The number of hydrogen-bond donors (Lipinski definition) is 1. The molecule has 0 heterocycles. The average molecular weight is 275 g/mol. The molecule has 6 nitrogen and oxygen atoms in total. The summed E-state index contributed by atoms with van der Waals surface area (Å²) in [5.41, 5.74) is 0. The molecule has 0 saturated heterocycles. The zero-order chi connectivity index (χ0) is 11.9. The molecule has 0 aromatic carbocycles. The summed E-state index contributed by atoms with van der Waals surface area (Å²) in [7, 11) is 1.61. The molecule has 7 heteroatoms. The molecule has 0 radical (unpaired) electrons. The topological polar surface area (TPSA) is 71.3 Å². The number of nitrogens with zero attached hydrogens (tertiary/aromatic N) is 1. The van der Waals surface area contributed by atoms with Crippen LogP contribution in [0.15, 0.2) is 0 Å². The van der Waals surface area contributed by atoms with Gasteiger partial charge in [0.25, 0.3) is 0 Å². The van der Waals surface area contributed by atoms with Gasteiger partial charge in [-0.15, -0.1) is 6.54 Å². The van der Waals surface area contributed by atoms with E-state index in [4.69, 9.17) is 24.1 Å². The van der Waals surface area contributed by atoms with Gasteiger partial charge in [0.15, 0.2) is 0 Å². The van der Waals surface area contributed by atoms with Crippen molar-refractivity contribution in [1.29, 1.82) is 0 Å². The van der Waals surface area contributed by atoms with Gasteiger partial charge in [0, 0.05) is 13.7 Å². The van der Waals surface area contributed by atoms with Crippen LogP contribution in [0.3, 0.4) is 0 Å². The molecule has 0 aromatic heterocycles. The molecule has 0 amide bonds. The summed E-state index contributed by atoms with van der Waals surface area (Å²) in [5, 5.41) is 12.4. The third-order valence-corrected chi connectivity index (χ3v) is 1.59. The molecule has 98 valence electrons. The van der Waals surface area contributed by atoms with E-state index in [9.17, 15) is 0 Å². The molecular formula is C10H22KNO5. The summed E-state index contributed by atoms with van der Waals surface area (Å²) in [6.45, 7) is 4.20. The molecule has 0 aliphatic rings. The molecule has 0 rings (SSSR count). The maximum absolute atomic E-state index is 8.42. The zero-order valence-corrected chi connectivity index (χ0v) is 14.0. The van der Waals surface area contributed by atoms with E-state index in [1.165, 1.54) is 0 Å². The molecule has 0 saturated carbocycles. The van der Waals surface area contributed by atoms with Gasteiger partial charge in [-0.1, -0.05) is 0 Å². The maximum Gasteiger partial charge on any atom is 1.00 e. The summed E-state index contributed by atoms with van der Waals surface area (Å²) >= 11 is 0. The number of ether oxygens (including phenoxy) is 4. The van der Waals surface area contributed by atoms with E-state index in [0.717, 1.165) is 0 Å². The molecule has 0 unspecified atom stereocenters. The van der Waals surface area contributed by atoms with Crippen molar-refractivity contribution in [2.24, 2.45) is 0 Å². The Kier molecular flexibility index (Phi) is 24.0. The van der Waals surface area contributed by atoms with Crippen molar-refractivity contribution in [2.75, 3.05) is 66.6 Å². The van der Waals surface area contributed by atoms with Crippen molar-refractivity contribution in [1.82, 2.24) is 0 Å². The van der Waals surface area contributed by atoms with E-state index >= 15 is 0 Å². The van der Waals surface area contributed by atoms with Gasteiger partial charge in [-0.25, -0.2) is 0 Å². The fraction of sp³-hybridized carbons (Fsp3) is 1.00. The fourth-order valence-electron chi connectivity index (χ4n) is 0.891. The largest absolute Gasteiger partial charge is 1.00 e. The van der Waals surface area contributed by atoms with Crippen LogP contribution in [0.4, 0.5) is 0 Å². The first kappa shape index (κ1) is 20.7. The Labute approximate surface area is 146 Å². The number of hydrogen-bond acceptors (Lipinski definition) is 5. The van der Waals surface area contributed by atoms with Crippen molar-refractivity contribution in [2.45, 2.75) is 0 Å². The van der Waals surface area contributed by atoms with Crippen LogP contribution in [0.2, 0.25) is 0 Å². The standard InChI is InChI=1S/C10H22NO5.K/c1-13-10-11-2-4-14-6-8-16-9-7-15-5-3-12;/h12H,2-10H2,1H3;/q-1;+1. The monoisotopic (exact) mass is 275 g/mol. The Morgan fingerprint density at radius 2 is 1.41 bits per heavy atom. The molecule has 0 aliphatic heterocycles. The van der Waals surface area contributed by atoms with Crippen molar-refractivity contribution < 1.29 is 75.4 Å². The van der Waals surface area contributed by atoms with Gasteiger partial charge in [-0.05, 0) is 6.73 Å². The van der Waals surface area contributed by atoms with Crippen LogP contribution >= 0.6 is 0 Å². The summed E-state index contributed by atoms with van der Waals surface area (Å²) in [4.78, 5) is 0.